The predicted octanol–water partition coefficient (Wildman–Crippen LogP) is 2.34. The molecular formula is C6H6BrF3N2. The summed E-state index contributed by atoms with van der Waals surface area (Å²) in [5, 5.41) is 0. The van der Waals surface area contributed by atoms with Crippen molar-refractivity contribution in [3.8, 4) is 0 Å². The van der Waals surface area contributed by atoms with Crippen LogP contribution in [0.4, 0.5) is 13.2 Å². The van der Waals surface area contributed by atoms with Gasteiger partial charge in [-0.2, -0.15) is 13.2 Å². The fourth-order valence-corrected chi connectivity index (χ4v) is 1.29. The summed E-state index contributed by atoms with van der Waals surface area (Å²) in [6.45, 7) is 0. The van der Waals surface area contributed by atoms with Crippen molar-refractivity contribution in [3.05, 3.63) is 22.4 Å². The lowest BCUT2D eigenvalue weighted by atomic mass is 10.1. The maximum absolute atomic E-state index is 12.0. The summed E-state index contributed by atoms with van der Waals surface area (Å²) in [4.78, 5) is 2.56. The van der Waals surface area contributed by atoms with Gasteiger partial charge < -0.3 is 10.7 Å². The average molecular weight is 243 g/mol. The Morgan fingerprint density at radius 2 is 2.08 bits per heavy atom. The summed E-state index contributed by atoms with van der Waals surface area (Å²) >= 11 is 2.92. The lowest BCUT2D eigenvalue weighted by Crippen LogP contribution is -2.28. The van der Waals surface area contributed by atoms with E-state index in [1.54, 1.807) is 0 Å². The highest BCUT2D eigenvalue weighted by molar-refractivity contribution is 9.10. The predicted molar refractivity (Wildman–Crippen MR) is 41.5 cm³/mol. The van der Waals surface area contributed by atoms with E-state index in [0.29, 0.717) is 0 Å². The molecule has 0 bridgehead atoms. The molecule has 3 N–H and O–H groups in total. The topological polar surface area (TPSA) is 41.8 Å². The second kappa shape index (κ2) is 3.10. The molecule has 0 aliphatic heterocycles. The number of halogens is 4. The van der Waals surface area contributed by atoms with Crippen molar-refractivity contribution in [1.82, 2.24) is 4.98 Å². The number of aromatic nitrogens is 1. The number of hydrogen-bond acceptors (Lipinski definition) is 1. The first kappa shape index (κ1) is 9.60. The van der Waals surface area contributed by atoms with Gasteiger partial charge in [0.2, 0.25) is 0 Å². The van der Waals surface area contributed by atoms with E-state index in [4.69, 9.17) is 5.73 Å². The maximum atomic E-state index is 12.0. The van der Waals surface area contributed by atoms with Crippen molar-refractivity contribution >= 4 is 15.9 Å². The Morgan fingerprint density at radius 1 is 1.50 bits per heavy atom. The van der Waals surface area contributed by atoms with E-state index in [1.165, 1.54) is 12.3 Å². The van der Waals surface area contributed by atoms with Crippen LogP contribution < -0.4 is 5.73 Å². The molecule has 0 saturated carbocycles. The van der Waals surface area contributed by atoms with Gasteiger partial charge >= 0.3 is 6.18 Å². The molecule has 12 heavy (non-hydrogen) atoms. The Labute approximate surface area is 75.1 Å². The lowest BCUT2D eigenvalue weighted by Gasteiger charge is -2.14. The Morgan fingerprint density at radius 3 is 2.42 bits per heavy atom. The SMILES string of the molecule is N[C@@H](c1cc[nH]c1Br)C(F)(F)F. The zero-order valence-electron chi connectivity index (χ0n) is 5.82. The molecule has 0 aliphatic rings. The van der Waals surface area contributed by atoms with Crippen molar-refractivity contribution in [2.75, 3.05) is 0 Å². The van der Waals surface area contributed by atoms with Crippen LogP contribution in [-0.2, 0) is 0 Å². The number of nitrogens with one attached hydrogen (secondary N) is 1. The van der Waals surface area contributed by atoms with Crippen molar-refractivity contribution < 1.29 is 13.2 Å². The molecule has 1 atom stereocenters. The number of aromatic amines is 1. The van der Waals surface area contributed by atoms with Crippen LogP contribution in [0.3, 0.4) is 0 Å². The molecule has 0 aliphatic carbocycles. The summed E-state index contributed by atoms with van der Waals surface area (Å²) in [6.07, 6.45) is -3.00. The summed E-state index contributed by atoms with van der Waals surface area (Å²) < 4.78 is 36.4. The molecule has 0 saturated heterocycles. The molecule has 0 unspecified atom stereocenters. The number of nitrogens with two attached hydrogens (primary N) is 1. The number of alkyl halides is 3. The third-order valence-corrected chi connectivity index (χ3v) is 2.10. The second-order valence-corrected chi connectivity index (χ2v) is 3.06. The van der Waals surface area contributed by atoms with Gasteiger partial charge in [0.05, 0.1) is 4.60 Å². The summed E-state index contributed by atoms with van der Waals surface area (Å²) in [5.41, 5.74) is 4.96. The third kappa shape index (κ3) is 1.81. The van der Waals surface area contributed by atoms with Gasteiger partial charge in [-0.25, -0.2) is 0 Å². The van der Waals surface area contributed by atoms with Gasteiger partial charge in [0.25, 0.3) is 0 Å². The molecule has 1 aromatic heterocycles. The Balaban J connectivity index is 2.92. The van der Waals surface area contributed by atoms with E-state index in [2.05, 4.69) is 20.9 Å². The highest BCUT2D eigenvalue weighted by atomic mass is 79.9. The van der Waals surface area contributed by atoms with E-state index in [0.717, 1.165) is 0 Å². The van der Waals surface area contributed by atoms with Crippen LogP contribution >= 0.6 is 15.9 Å². The minimum atomic E-state index is -4.40. The molecule has 1 aromatic rings. The Bertz CT molecular complexity index is 268. The van der Waals surface area contributed by atoms with Gasteiger partial charge in [0, 0.05) is 11.8 Å². The molecular weight excluding hydrogens is 237 g/mol. The first-order chi connectivity index (χ1) is 5.43. The van der Waals surface area contributed by atoms with Gasteiger partial charge in [0.1, 0.15) is 6.04 Å². The van der Waals surface area contributed by atoms with Crippen LogP contribution in [0.15, 0.2) is 16.9 Å². The quantitative estimate of drug-likeness (QED) is 0.780. The van der Waals surface area contributed by atoms with Crippen molar-refractivity contribution in [2.45, 2.75) is 12.2 Å². The van der Waals surface area contributed by atoms with Gasteiger partial charge in [-0.15, -0.1) is 0 Å². The molecule has 68 valence electrons. The summed E-state index contributed by atoms with van der Waals surface area (Å²) in [5.74, 6) is 0. The molecule has 1 rings (SSSR count). The first-order valence-corrected chi connectivity index (χ1v) is 3.87. The summed E-state index contributed by atoms with van der Waals surface area (Å²) in [7, 11) is 0. The Hall–Kier alpha value is -0.490. The fourth-order valence-electron chi connectivity index (χ4n) is 0.778. The van der Waals surface area contributed by atoms with Gasteiger partial charge in [-0.05, 0) is 22.0 Å². The maximum Gasteiger partial charge on any atom is 0.407 e. The largest absolute Gasteiger partial charge is 0.407 e. The van der Waals surface area contributed by atoms with Gasteiger partial charge in [-0.1, -0.05) is 0 Å². The molecule has 1 heterocycles. The highest BCUT2D eigenvalue weighted by Gasteiger charge is 2.39. The van der Waals surface area contributed by atoms with Crippen molar-refractivity contribution in [2.24, 2.45) is 5.73 Å². The second-order valence-electron chi connectivity index (χ2n) is 2.27. The van der Waals surface area contributed by atoms with Gasteiger partial charge in [0.15, 0.2) is 0 Å². The van der Waals surface area contributed by atoms with E-state index in [9.17, 15) is 13.2 Å². The number of hydrogen-bond donors (Lipinski definition) is 2. The smallest absolute Gasteiger partial charge is 0.356 e. The van der Waals surface area contributed by atoms with E-state index < -0.39 is 12.2 Å². The normalized spacial score (nSPS) is 14.8. The first-order valence-electron chi connectivity index (χ1n) is 3.08. The lowest BCUT2D eigenvalue weighted by molar-refractivity contribution is -0.149. The van der Waals surface area contributed by atoms with Crippen LogP contribution in [-0.4, -0.2) is 11.2 Å². The van der Waals surface area contributed by atoms with Crippen LogP contribution in [0.5, 0.6) is 0 Å². The van der Waals surface area contributed by atoms with E-state index in [1.807, 2.05) is 0 Å². The van der Waals surface area contributed by atoms with E-state index >= 15 is 0 Å². The molecule has 0 amide bonds. The zero-order valence-corrected chi connectivity index (χ0v) is 7.41. The minimum Gasteiger partial charge on any atom is -0.356 e. The Kier molecular flexibility index (Phi) is 2.48. The zero-order chi connectivity index (χ0) is 9.35. The van der Waals surface area contributed by atoms with E-state index in [-0.39, 0.29) is 10.2 Å². The summed E-state index contributed by atoms with van der Waals surface area (Å²) in [6, 6.07) is -0.638. The standard InChI is InChI=1S/C6H6BrF3N2/c7-5-3(1-2-12-5)4(11)6(8,9)10/h1-2,4,12H,11H2/t4-/m0/s1. The van der Waals surface area contributed by atoms with Crippen molar-refractivity contribution in [1.29, 1.82) is 0 Å². The van der Waals surface area contributed by atoms with Crippen LogP contribution in [0, 0.1) is 0 Å². The van der Waals surface area contributed by atoms with Crippen molar-refractivity contribution in [3.63, 3.8) is 0 Å². The van der Waals surface area contributed by atoms with Crippen LogP contribution in [0.2, 0.25) is 0 Å². The fraction of sp³-hybridized carbons (Fsp3) is 0.333. The molecule has 0 fully saturated rings. The average Bonchev–Trinajstić information content (AvgIpc) is 2.31. The van der Waals surface area contributed by atoms with Crippen LogP contribution in [0.25, 0.3) is 0 Å². The molecule has 2 nitrogen and oxygen atoms in total. The number of H-pyrrole nitrogens is 1. The molecule has 0 spiro atoms. The molecule has 6 heteroatoms. The monoisotopic (exact) mass is 242 g/mol. The number of rotatable bonds is 1. The van der Waals surface area contributed by atoms with Crippen LogP contribution in [0.1, 0.15) is 11.6 Å². The molecule has 0 aromatic carbocycles. The van der Waals surface area contributed by atoms with Gasteiger partial charge in [-0.3, -0.25) is 0 Å². The molecule has 0 radical (unpaired) electrons. The minimum absolute atomic E-state index is 0.0162. The third-order valence-electron chi connectivity index (χ3n) is 1.41. The highest BCUT2D eigenvalue weighted by Crippen LogP contribution is 2.33.